The summed E-state index contributed by atoms with van der Waals surface area (Å²) in [5, 5.41) is 0. The van der Waals surface area contributed by atoms with Crippen LogP contribution in [-0.2, 0) is 19.6 Å². The monoisotopic (exact) mass is 371 g/mol. The summed E-state index contributed by atoms with van der Waals surface area (Å²) in [6.07, 6.45) is 0.0180. The predicted molar refractivity (Wildman–Crippen MR) is 93.1 cm³/mol. The number of nitrogens with zero attached hydrogens (tertiary/aromatic N) is 2. The maximum atomic E-state index is 12.2. The summed E-state index contributed by atoms with van der Waals surface area (Å²) < 4.78 is 31.2. The zero-order valence-corrected chi connectivity index (χ0v) is 16.0. The second-order valence-electron chi connectivity index (χ2n) is 6.11. The average Bonchev–Trinajstić information content (AvgIpc) is 2.45. The molecule has 0 spiro atoms. The van der Waals surface area contributed by atoms with Crippen molar-refractivity contribution in [1.82, 2.24) is 9.21 Å². The molecular formula is C14H30ClN3O4S. The highest BCUT2D eigenvalue weighted by atomic mass is 35.5. The molecule has 0 aromatic heterocycles. The molecule has 1 aliphatic heterocycles. The van der Waals surface area contributed by atoms with Crippen LogP contribution in [0.2, 0.25) is 0 Å². The Hall–Kier alpha value is -0.410. The van der Waals surface area contributed by atoms with Gasteiger partial charge in [-0.15, -0.1) is 12.4 Å². The lowest BCUT2D eigenvalue weighted by Gasteiger charge is -2.35. The molecule has 23 heavy (non-hydrogen) atoms. The van der Waals surface area contributed by atoms with E-state index in [1.165, 1.54) is 4.31 Å². The minimum absolute atomic E-state index is 0. The summed E-state index contributed by atoms with van der Waals surface area (Å²) in [5.41, 5.74) is 5.75. The van der Waals surface area contributed by atoms with Crippen molar-refractivity contribution >= 4 is 28.3 Å². The van der Waals surface area contributed by atoms with Gasteiger partial charge in [0.1, 0.15) is 0 Å². The fourth-order valence-electron chi connectivity index (χ4n) is 2.22. The van der Waals surface area contributed by atoms with E-state index in [0.717, 1.165) is 0 Å². The van der Waals surface area contributed by atoms with Crippen molar-refractivity contribution in [3.05, 3.63) is 0 Å². The number of piperazine rings is 1. The molecule has 0 aromatic rings. The minimum atomic E-state index is -3.32. The molecule has 1 saturated heterocycles. The van der Waals surface area contributed by atoms with E-state index < -0.39 is 10.0 Å². The Balaban J connectivity index is 0.00000484. The third-order valence-electron chi connectivity index (χ3n) is 3.91. The number of hydrogen-bond acceptors (Lipinski definition) is 5. The van der Waals surface area contributed by atoms with Crippen LogP contribution < -0.4 is 5.73 Å². The first kappa shape index (κ1) is 22.6. The maximum Gasteiger partial charge on any atom is 0.227 e. The minimum Gasteiger partial charge on any atom is -0.378 e. The highest BCUT2D eigenvalue weighted by Crippen LogP contribution is 2.12. The number of carbonyl (C=O) groups is 1. The molecule has 1 heterocycles. The second-order valence-corrected chi connectivity index (χ2v) is 8.20. The summed E-state index contributed by atoms with van der Waals surface area (Å²) in [4.78, 5) is 13.9. The van der Waals surface area contributed by atoms with E-state index in [1.54, 1.807) is 18.7 Å². The zero-order valence-electron chi connectivity index (χ0n) is 14.4. The van der Waals surface area contributed by atoms with Gasteiger partial charge in [0, 0.05) is 32.2 Å². The van der Waals surface area contributed by atoms with Gasteiger partial charge in [0.25, 0.3) is 0 Å². The van der Waals surface area contributed by atoms with Crippen LogP contribution in [0.1, 0.15) is 27.7 Å². The van der Waals surface area contributed by atoms with Crippen LogP contribution in [0.15, 0.2) is 0 Å². The van der Waals surface area contributed by atoms with Gasteiger partial charge in [-0.05, 0) is 20.8 Å². The maximum absolute atomic E-state index is 12.2. The van der Waals surface area contributed by atoms with Crippen molar-refractivity contribution in [3.8, 4) is 0 Å². The Morgan fingerprint density at radius 1 is 1.13 bits per heavy atom. The molecule has 1 aliphatic rings. The summed E-state index contributed by atoms with van der Waals surface area (Å²) in [5.74, 6) is -0.271. The van der Waals surface area contributed by atoms with Crippen molar-refractivity contribution in [1.29, 1.82) is 0 Å². The molecule has 2 unspecified atom stereocenters. The van der Waals surface area contributed by atoms with Gasteiger partial charge in [0.15, 0.2) is 0 Å². The van der Waals surface area contributed by atoms with Gasteiger partial charge in [0.05, 0.1) is 24.4 Å². The van der Waals surface area contributed by atoms with Crippen LogP contribution >= 0.6 is 12.4 Å². The fraction of sp³-hybridized carbons (Fsp3) is 0.929. The molecule has 9 heteroatoms. The zero-order chi connectivity index (χ0) is 16.9. The Morgan fingerprint density at radius 2 is 1.65 bits per heavy atom. The van der Waals surface area contributed by atoms with E-state index in [-0.39, 0.29) is 48.7 Å². The third-order valence-corrected chi connectivity index (χ3v) is 5.75. The van der Waals surface area contributed by atoms with Crippen LogP contribution in [0.5, 0.6) is 0 Å². The first-order chi connectivity index (χ1) is 10.1. The number of carbonyl (C=O) groups excluding carboxylic acids is 1. The molecule has 1 fully saturated rings. The van der Waals surface area contributed by atoms with Gasteiger partial charge in [-0.1, -0.05) is 6.92 Å². The number of hydrogen-bond donors (Lipinski definition) is 1. The van der Waals surface area contributed by atoms with E-state index in [2.05, 4.69) is 0 Å². The molecule has 7 nitrogen and oxygen atoms in total. The number of rotatable bonds is 7. The molecule has 1 amide bonds. The Labute approximate surface area is 146 Å². The van der Waals surface area contributed by atoms with Crippen LogP contribution in [-0.4, -0.2) is 74.2 Å². The van der Waals surface area contributed by atoms with E-state index in [4.69, 9.17) is 10.5 Å². The molecule has 1 rings (SSSR count). The summed E-state index contributed by atoms with van der Waals surface area (Å²) in [6, 6.07) is -0.206. The van der Waals surface area contributed by atoms with Gasteiger partial charge < -0.3 is 15.4 Å². The van der Waals surface area contributed by atoms with Crippen LogP contribution in [0.25, 0.3) is 0 Å². The van der Waals surface area contributed by atoms with E-state index in [1.807, 2.05) is 13.8 Å². The smallest absolute Gasteiger partial charge is 0.227 e. The van der Waals surface area contributed by atoms with Gasteiger partial charge in [-0.3, -0.25) is 4.79 Å². The highest BCUT2D eigenvalue weighted by molar-refractivity contribution is 7.89. The molecule has 0 aromatic carbocycles. The lowest BCUT2D eigenvalue weighted by atomic mass is 10.0. The van der Waals surface area contributed by atoms with Crippen LogP contribution in [0.3, 0.4) is 0 Å². The quantitative estimate of drug-likeness (QED) is 0.694. The lowest BCUT2D eigenvalue weighted by molar-refractivity contribution is -0.136. The normalized spacial score (nSPS) is 19.3. The largest absolute Gasteiger partial charge is 0.378 e. The number of ether oxygens (including phenoxy) is 1. The Bertz CT molecular complexity index is 463. The van der Waals surface area contributed by atoms with Gasteiger partial charge in [-0.2, -0.15) is 4.31 Å². The number of sulfonamides is 1. The highest BCUT2D eigenvalue weighted by Gasteiger charge is 2.31. The topological polar surface area (TPSA) is 92.9 Å². The molecule has 2 atom stereocenters. The summed E-state index contributed by atoms with van der Waals surface area (Å²) in [7, 11) is -3.32. The van der Waals surface area contributed by atoms with Gasteiger partial charge in [-0.25, -0.2) is 8.42 Å². The molecule has 0 aliphatic carbocycles. The Morgan fingerprint density at radius 3 is 2.09 bits per heavy atom. The lowest BCUT2D eigenvalue weighted by Crippen LogP contribution is -2.53. The van der Waals surface area contributed by atoms with Crippen molar-refractivity contribution < 1.29 is 17.9 Å². The third kappa shape index (κ3) is 6.93. The van der Waals surface area contributed by atoms with Crippen molar-refractivity contribution in [2.24, 2.45) is 11.7 Å². The SMILES string of the molecule is CC(C)OCCS(=O)(=O)N1CCN(C(=O)C(C)C(C)N)CC1.Cl. The molecule has 0 saturated carbocycles. The molecule has 0 bridgehead atoms. The second kappa shape index (κ2) is 9.78. The van der Waals surface area contributed by atoms with Gasteiger partial charge in [0.2, 0.25) is 15.9 Å². The predicted octanol–water partition coefficient (Wildman–Crippen LogP) is 0.291. The number of nitrogens with two attached hydrogens (primary N) is 1. The van der Waals surface area contributed by atoms with Crippen molar-refractivity contribution in [2.45, 2.75) is 39.8 Å². The molecule has 2 N–H and O–H groups in total. The van der Waals surface area contributed by atoms with Crippen molar-refractivity contribution in [3.63, 3.8) is 0 Å². The first-order valence-electron chi connectivity index (χ1n) is 7.79. The van der Waals surface area contributed by atoms with Crippen molar-refractivity contribution in [2.75, 3.05) is 38.5 Å². The Kier molecular flexibility index (Phi) is 9.61. The number of halogens is 1. The van der Waals surface area contributed by atoms with Crippen LogP contribution in [0.4, 0.5) is 0 Å². The summed E-state index contributed by atoms with van der Waals surface area (Å²) in [6.45, 7) is 9.05. The van der Waals surface area contributed by atoms with Gasteiger partial charge >= 0.3 is 0 Å². The summed E-state index contributed by atoms with van der Waals surface area (Å²) >= 11 is 0. The van der Waals surface area contributed by atoms with E-state index >= 15 is 0 Å². The molecular weight excluding hydrogens is 342 g/mol. The fourth-order valence-corrected chi connectivity index (χ4v) is 3.50. The number of amides is 1. The average molecular weight is 372 g/mol. The molecule has 138 valence electrons. The molecule has 0 radical (unpaired) electrons. The van der Waals surface area contributed by atoms with Crippen LogP contribution in [0, 0.1) is 5.92 Å². The first-order valence-corrected chi connectivity index (χ1v) is 9.40. The van der Waals surface area contributed by atoms with E-state index in [0.29, 0.717) is 26.2 Å². The standard InChI is InChI=1S/C14H29N3O4S.ClH/c1-11(2)21-9-10-22(19,20)17-7-5-16(6-8-17)14(18)12(3)13(4)15;/h11-13H,5-10,15H2,1-4H3;1H. The van der Waals surface area contributed by atoms with E-state index in [9.17, 15) is 13.2 Å².